The molecule has 1 aliphatic carbocycles. The third-order valence-electron chi connectivity index (χ3n) is 4.89. The Hall–Kier alpha value is -1.86. The van der Waals surface area contributed by atoms with Crippen LogP contribution in [0.25, 0.3) is 10.9 Å². The monoisotopic (exact) mass is 403 g/mol. The Morgan fingerprint density at radius 3 is 2.82 bits per heavy atom. The van der Waals surface area contributed by atoms with E-state index in [2.05, 4.69) is 5.32 Å². The van der Waals surface area contributed by atoms with Gasteiger partial charge >= 0.3 is 0 Å². The molecule has 0 radical (unpaired) electrons. The van der Waals surface area contributed by atoms with Crippen molar-refractivity contribution in [2.75, 3.05) is 18.9 Å². The van der Waals surface area contributed by atoms with Crippen LogP contribution < -0.4 is 10.9 Å². The molecule has 1 aromatic heterocycles. The number of hydrogen-bond acceptors (Lipinski definition) is 5. The van der Waals surface area contributed by atoms with Crippen LogP contribution in [0.3, 0.4) is 0 Å². The number of fused-ring (bicyclic) bond motifs is 1. The lowest BCUT2D eigenvalue weighted by Gasteiger charge is -2.18. The fourth-order valence-electron chi connectivity index (χ4n) is 3.51. The van der Waals surface area contributed by atoms with Crippen molar-refractivity contribution in [2.24, 2.45) is 0 Å². The van der Waals surface area contributed by atoms with Gasteiger partial charge in [0.05, 0.1) is 22.8 Å². The van der Waals surface area contributed by atoms with E-state index in [0.29, 0.717) is 29.2 Å². The summed E-state index contributed by atoms with van der Waals surface area (Å²) in [6, 6.07) is 7.62. The molecule has 0 aliphatic heterocycles. The molecule has 1 fully saturated rings. The predicted octanol–water partition coefficient (Wildman–Crippen LogP) is 3.54. The van der Waals surface area contributed by atoms with Crippen LogP contribution in [-0.2, 0) is 9.53 Å². The molecular formula is C21H29N3O3S. The molecule has 1 aliphatic rings. The minimum atomic E-state index is -0.0464. The molecule has 0 atom stereocenters. The van der Waals surface area contributed by atoms with Gasteiger partial charge in [0.1, 0.15) is 0 Å². The summed E-state index contributed by atoms with van der Waals surface area (Å²) in [6.45, 7) is 5.22. The van der Waals surface area contributed by atoms with Gasteiger partial charge in [-0.25, -0.2) is 4.98 Å². The van der Waals surface area contributed by atoms with Gasteiger partial charge in [-0.1, -0.05) is 36.7 Å². The van der Waals surface area contributed by atoms with Gasteiger partial charge in [0.15, 0.2) is 5.16 Å². The first-order valence-electron chi connectivity index (χ1n) is 10.1. The Balaban J connectivity index is 1.67. The Morgan fingerprint density at radius 1 is 1.32 bits per heavy atom. The summed E-state index contributed by atoms with van der Waals surface area (Å²) >= 11 is 1.35. The van der Waals surface area contributed by atoms with Crippen LogP contribution >= 0.6 is 11.8 Å². The average molecular weight is 404 g/mol. The van der Waals surface area contributed by atoms with Crippen molar-refractivity contribution in [1.29, 1.82) is 0 Å². The first-order valence-corrected chi connectivity index (χ1v) is 11.1. The van der Waals surface area contributed by atoms with Crippen LogP contribution in [0.1, 0.15) is 52.0 Å². The van der Waals surface area contributed by atoms with E-state index in [9.17, 15) is 9.59 Å². The van der Waals surface area contributed by atoms with E-state index in [4.69, 9.17) is 9.72 Å². The number of amides is 1. The first kappa shape index (κ1) is 20.9. The molecular weight excluding hydrogens is 374 g/mol. The molecule has 0 unspecified atom stereocenters. The molecule has 7 heteroatoms. The van der Waals surface area contributed by atoms with Crippen LogP contribution in [0.5, 0.6) is 0 Å². The van der Waals surface area contributed by atoms with Crippen molar-refractivity contribution in [1.82, 2.24) is 14.9 Å². The fraction of sp³-hybridized carbons (Fsp3) is 0.571. The number of carbonyl (C=O) groups excluding carboxylic acids is 1. The quantitative estimate of drug-likeness (QED) is 0.394. The number of benzene rings is 1. The largest absolute Gasteiger partial charge is 0.379 e. The number of ether oxygens (including phenoxy) is 1. The second-order valence-corrected chi connectivity index (χ2v) is 8.38. The summed E-state index contributed by atoms with van der Waals surface area (Å²) in [7, 11) is 0. The lowest BCUT2D eigenvalue weighted by molar-refractivity contribution is -0.118. The molecule has 2 aromatic rings. The van der Waals surface area contributed by atoms with Gasteiger partial charge in [-0.2, -0.15) is 0 Å². The Labute approximate surface area is 170 Å². The third-order valence-corrected chi connectivity index (χ3v) is 5.84. The molecule has 0 bridgehead atoms. The minimum absolute atomic E-state index is 0.00578. The standard InChI is InChI=1S/C21H29N3O3S/c1-15(2)27-13-7-12-22-19(25)14-28-21-23-18-11-6-5-10-17(18)20(26)24(21)16-8-3-4-9-16/h5-6,10-11,15-16H,3-4,7-9,12-14H2,1-2H3,(H,22,25). The fourth-order valence-corrected chi connectivity index (χ4v) is 4.41. The first-order chi connectivity index (χ1) is 13.6. The highest BCUT2D eigenvalue weighted by atomic mass is 32.2. The van der Waals surface area contributed by atoms with Gasteiger partial charge in [-0.15, -0.1) is 0 Å². The van der Waals surface area contributed by atoms with Crippen molar-refractivity contribution in [2.45, 2.75) is 63.3 Å². The number of carbonyl (C=O) groups is 1. The average Bonchev–Trinajstić information content (AvgIpc) is 3.20. The summed E-state index contributed by atoms with van der Waals surface area (Å²) in [5.74, 6) is 0.206. The molecule has 0 saturated heterocycles. The topological polar surface area (TPSA) is 73.2 Å². The summed E-state index contributed by atoms with van der Waals surface area (Å²) in [4.78, 5) is 30.0. The molecule has 1 amide bonds. The third kappa shape index (κ3) is 5.35. The van der Waals surface area contributed by atoms with E-state index in [1.165, 1.54) is 11.8 Å². The van der Waals surface area contributed by atoms with Crippen LogP contribution in [0.2, 0.25) is 0 Å². The number of hydrogen-bond donors (Lipinski definition) is 1. The number of nitrogens with zero attached hydrogens (tertiary/aromatic N) is 2. The zero-order chi connectivity index (χ0) is 19.9. The van der Waals surface area contributed by atoms with Gasteiger partial charge in [-0.05, 0) is 45.2 Å². The SMILES string of the molecule is CC(C)OCCCNC(=O)CSc1nc2ccccc2c(=O)n1C1CCCC1. The van der Waals surface area contributed by atoms with E-state index in [-0.39, 0.29) is 29.4 Å². The molecule has 28 heavy (non-hydrogen) atoms. The molecule has 3 rings (SSSR count). The Morgan fingerprint density at radius 2 is 2.07 bits per heavy atom. The van der Waals surface area contributed by atoms with Crippen LogP contribution in [0.15, 0.2) is 34.2 Å². The number of para-hydroxylation sites is 1. The molecule has 1 N–H and O–H groups in total. The van der Waals surface area contributed by atoms with Gasteiger partial charge in [0.25, 0.3) is 5.56 Å². The normalized spacial score (nSPS) is 14.8. The molecule has 1 aromatic carbocycles. The summed E-state index contributed by atoms with van der Waals surface area (Å²) in [5.41, 5.74) is 0.696. The number of nitrogens with one attached hydrogen (secondary N) is 1. The highest BCUT2D eigenvalue weighted by Gasteiger charge is 2.23. The van der Waals surface area contributed by atoms with Gasteiger partial charge in [0, 0.05) is 19.2 Å². The second-order valence-electron chi connectivity index (χ2n) is 7.44. The maximum absolute atomic E-state index is 13.1. The Bertz CT molecular complexity index is 860. The van der Waals surface area contributed by atoms with Crippen molar-refractivity contribution in [3.8, 4) is 0 Å². The van der Waals surface area contributed by atoms with Crippen LogP contribution in [-0.4, -0.2) is 40.5 Å². The van der Waals surface area contributed by atoms with Gasteiger partial charge in [-0.3, -0.25) is 14.2 Å². The summed E-state index contributed by atoms with van der Waals surface area (Å²) < 4.78 is 7.30. The number of rotatable bonds is 9. The van der Waals surface area contributed by atoms with E-state index in [1.54, 1.807) is 0 Å². The minimum Gasteiger partial charge on any atom is -0.379 e. The number of thioether (sulfide) groups is 1. The van der Waals surface area contributed by atoms with Crippen molar-refractivity contribution in [3.63, 3.8) is 0 Å². The number of aromatic nitrogens is 2. The molecule has 1 heterocycles. The van der Waals surface area contributed by atoms with Crippen molar-refractivity contribution < 1.29 is 9.53 Å². The van der Waals surface area contributed by atoms with E-state index < -0.39 is 0 Å². The molecule has 0 spiro atoms. The van der Waals surface area contributed by atoms with Gasteiger partial charge in [0.2, 0.25) is 5.91 Å². The molecule has 152 valence electrons. The maximum Gasteiger partial charge on any atom is 0.262 e. The highest BCUT2D eigenvalue weighted by molar-refractivity contribution is 7.99. The van der Waals surface area contributed by atoms with Gasteiger partial charge < -0.3 is 10.1 Å². The van der Waals surface area contributed by atoms with Crippen molar-refractivity contribution >= 4 is 28.6 Å². The molecule has 1 saturated carbocycles. The summed E-state index contributed by atoms with van der Waals surface area (Å²) in [6.07, 6.45) is 5.25. The maximum atomic E-state index is 13.1. The Kier molecular flexibility index (Phi) is 7.50. The predicted molar refractivity (Wildman–Crippen MR) is 113 cm³/mol. The lowest BCUT2D eigenvalue weighted by atomic mass is 10.2. The second kappa shape index (κ2) is 10.1. The van der Waals surface area contributed by atoms with E-state index in [1.807, 2.05) is 42.7 Å². The van der Waals surface area contributed by atoms with E-state index in [0.717, 1.165) is 32.1 Å². The highest BCUT2D eigenvalue weighted by Crippen LogP contribution is 2.32. The van der Waals surface area contributed by atoms with Crippen LogP contribution in [0.4, 0.5) is 0 Å². The van der Waals surface area contributed by atoms with Crippen LogP contribution in [0, 0.1) is 0 Å². The molecule has 6 nitrogen and oxygen atoms in total. The smallest absolute Gasteiger partial charge is 0.262 e. The van der Waals surface area contributed by atoms with Crippen molar-refractivity contribution in [3.05, 3.63) is 34.6 Å². The zero-order valence-electron chi connectivity index (χ0n) is 16.6. The zero-order valence-corrected chi connectivity index (χ0v) is 17.5. The van der Waals surface area contributed by atoms with E-state index >= 15 is 0 Å². The summed E-state index contributed by atoms with van der Waals surface area (Å²) in [5, 5.41) is 4.21. The lowest BCUT2D eigenvalue weighted by Crippen LogP contribution is -2.29.